The van der Waals surface area contributed by atoms with E-state index < -0.39 is 36.5 Å². The number of halogens is 3. The highest BCUT2D eigenvalue weighted by Gasteiger charge is 2.37. The lowest BCUT2D eigenvalue weighted by atomic mass is 10.0. The Bertz CT molecular complexity index is 981. The summed E-state index contributed by atoms with van der Waals surface area (Å²) >= 11 is 0. The molecule has 0 fully saturated rings. The molecule has 0 saturated carbocycles. The minimum absolute atomic E-state index is 0.256. The first-order valence-electron chi connectivity index (χ1n) is 10.4. The van der Waals surface area contributed by atoms with Crippen molar-refractivity contribution >= 4 is 11.8 Å². The number of hydrogen-bond donors (Lipinski definition) is 1. The van der Waals surface area contributed by atoms with Gasteiger partial charge in [0.25, 0.3) is 5.91 Å². The van der Waals surface area contributed by atoms with Crippen molar-refractivity contribution in [2.24, 2.45) is 5.92 Å². The van der Waals surface area contributed by atoms with E-state index >= 15 is 0 Å². The number of rotatable bonds is 9. The van der Waals surface area contributed by atoms with Gasteiger partial charge in [-0.25, -0.2) is 0 Å². The summed E-state index contributed by atoms with van der Waals surface area (Å²) in [5.41, 5.74) is 1.05. The van der Waals surface area contributed by atoms with Crippen LogP contribution in [0.15, 0.2) is 48.5 Å². The van der Waals surface area contributed by atoms with Gasteiger partial charge in [-0.1, -0.05) is 26.0 Å². The fraction of sp³-hybridized carbons (Fsp3) is 0.375. The van der Waals surface area contributed by atoms with Crippen molar-refractivity contribution in [2.75, 3.05) is 13.2 Å². The molecule has 0 aliphatic heterocycles. The third-order valence-electron chi connectivity index (χ3n) is 4.79. The number of nitriles is 1. The number of carbonyl (C=O) groups is 2. The first-order chi connectivity index (χ1) is 15.5. The normalized spacial score (nSPS) is 12.1. The molecule has 0 saturated heterocycles. The maximum atomic E-state index is 13.2. The van der Waals surface area contributed by atoms with Crippen molar-refractivity contribution in [2.45, 2.75) is 39.5 Å². The van der Waals surface area contributed by atoms with E-state index in [0.717, 1.165) is 0 Å². The molecule has 0 aliphatic rings. The maximum Gasteiger partial charge on any atom is 0.406 e. The van der Waals surface area contributed by atoms with Gasteiger partial charge in [-0.3, -0.25) is 9.59 Å². The molecule has 2 amide bonds. The van der Waals surface area contributed by atoms with Gasteiger partial charge in [0, 0.05) is 12.1 Å². The highest BCUT2D eigenvalue weighted by molar-refractivity contribution is 5.97. The molecule has 1 atom stereocenters. The molecule has 1 N–H and O–H groups in total. The van der Waals surface area contributed by atoms with E-state index in [0.29, 0.717) is 28.4 Å². The largest absolute Gasteiger partial charge is 0.494 e. The van der Waals surface area contributed by atoms with Crippen LogP contribution in [0.2, 0.25) is 0 Å². The van der Waals surface area contributed by atoms with Gasteiger partial charge in [-0.15, -0.1) is 0 Å². The summed E-state index contributed by atoms with van der Waals surface area (Å²) in [6.45, 7) is 3.80. The molecule has 0 aromatic heterocycles. The Kier molecular flexibility index (Phi) is 8.85. The van der Waals surface area contributed by atoms with E-state index in [-0.39, 0.29) is 12.1 Å². The van der Waals surface area contributed by atoms with Gasteiger partial charge in [-0.05, 0) is 54.8 Å². The van der Waals surface area contributed by atoms with Gasteiger partial charge in [0.1, 0.15) is 18.3 Å². The number of carbonyl (C=O) groups excluding carboxylic acids is 2. The first kappa shape index (κ1) is 25.7. The molecule has 6 nitrogen and oxygen atoms in total. The van der Waals surface area contributed by atoms with Crippen LogP contribution in [-0.4, -0.2) is 42.1 Å². The lowest BCUT2D eigenvalue weighted by Gasteiger charge is -2.30. The Morgan fingerprint density at radius 3 is 2.18 bits per heavy atom. The lowest BCUT2D eigenvalue weighted by molar-refractivity contribution is -0.164. The van der Waals surface area contributed by atoms with Crippen LogP contribution in [0.5, 0.6) is 5.75 Å². The topological polar surface area (TPSA) is 82.4 Å². The van der Waals surface area contributed by atoms with Crippen LogP contribution < -0.4 is 10.1 Å². The minimum Gasteiger partial charge on any atom is -0.494 e. The molecule has 9 heteroatoms. The zero-order chi connectivity index (χ0) is 24.6. The Balaban J connectivity index is 2.23. The van der Waals surface area contributed by atoms with Crippen LogP contribution in [-0.2, 0) is 11.3 Å². The molecule has 2 aromatic carbocycles. The summed E-state index contributed by atoms with van der Waals surface area (Å²) in [5, 5.41) is 11.5. The van der Waals surface area contributed by atoms with Gasteiger partial charge in [0.2, 0.25) is 5.91 Å². The van der Waals surface area contributed by atoms with Gasteiger partial charge in [0.05, 0.1) is 18.2 Å². The second kappa shape index (κ2) is 11.4. The standard InChI is InChI=1S/C24H26F3N3O3/c1-4-33-20-11-9-19(10-12-20)22(31)29-21(16(2)3)23(32)30(15-24(25,26)27)14-18-7-5-17(13-28)6-8-18/h5-12,16,21H,4,14-15H2,1-3H3,(H,29,31). The lowest BCUT2D eigenvalue weighted by Crippen LogP contribution is -2.52. The SMILES string of the molecule is CCOc1ccc(C(=O)NC(C(=O)N(Cc2ccc(C#N)cc2)CC(F)(F)F)C(C)C)cc1. The van der Waals surface area contributed by atoms with E-state index in [9.17, 15) is 22.8 Å². The quantitative estimate of drug-likeness (QED) is 0.604. The van der Waals surface area contributed by atoms with Gasteiger partial charge in [0.15, 0.2) is 0 Å². The predicted octanol–water partition coefficient (Wildman–Crippen LogP) is 4.30. The van der Waals surface area contributed by atoms with Crippen molar-refractivity contribution in [1.29, 1.82) is 5.26 Å². The average Bonchev–Trinajstić information content (AvgIpc) is 2.76. The van der Waals surface area contributed by atoms with E-state index in [2.05, 4.69) is 5.32 Å². The average molecular weight is 461 g/mol. The monoisotopic (exact) mass is 461 g/mol. The molecule has 0 spiro atoms. The van der Waals surface area contributed by atoms with Gasteiger partial charge >= 0.3 is 6.18 Å². The minimum atomic E-state index is -4.62. The molecule has 2 aromatic rings. The number of nitrogens with one attached hydrogen (secondary N) is 1. The summed E-state index contributed by atoms with van der Waals surface area (Å²) in [4.78, 5) is 26.5. The van der Waals surface area contributed by atoms with E-state index in [4.69, 9.17) is 10.00 Å². The second-order valence-corrected chi connectivity index (χ2v) is 7.77. The Morgan fingerprint density at radius 1 is 1.09 bits per heavy atom. The summed E-state index contributed by atoms with van der Waals surface area (Å²) < 4.78 is 45.1. The summed E-state index contributed by atoms with van der Waals surface area (Å²) in [6, 6.07) is 13.0. The van der Waals surface area contributed by atoms with Gasteiger partial charge < -0.3 is 15.0 Å². The number of amides is 2. The molecule has 176 valence electrons. The van der Waals surface area contributed by atoms with Crippen molar-refractivity contribution in [3.8, 4) is 11.8 Å². The molecule has 0 bridgehead atoms. The summed E-state index contributed by atoms with van der Waals surface area (Å²) in [6.07, 6.45) is -4.62. The van der Waals surface area contributed by atoms with Crippen molar-refractivity contribution in [3.63, 3.8) is 0 Å². The molecular formula is C24H26F3N3O3. The third-order valence-corrected chi connectivity index (χ3v) is 4.79. The fourth-order valence-corrected chi connectivity index (χ4v) is 3.14. The molecule has 0 radical (unpaired) electrons. The molecular weight excluding hydrogens is 435 g/mol. The third kappa shape index (κ3) is 7.83. The highest BCUT2D eigenvalue weighted by Crippen LogP contribution is 2.21. The number of nitrogens with zero attached hydrogens (tertiary/aromatic N) is 2. The van der Waals surface area contributed by atoms with Crippen molar-refractivity contribution < 1.29 is 27.5 Å². The van der Waals surface area contributed by atoms with E-state index in [1.807, 2.05) is 13.0 Å². The number of hydrogen-bond acceptors (Lipinski definition) is 4. The highest BCUT2D eigenvalue weighted by atomic mass is 19.4. The predicted molar refractivity (Wildman–Crippen MR) is 116 cm³/mol. The summed E-state index contributed by atoms with van der Waals surface area (Å²) in [7, 11) is 0. The van der Waals surface area contributed by atoms with Crippen molar-refractivity contribution in [1.82, 2.24) is 10.2 Å². The van der Waals surface area contributed by atoms with Crippen LogP contribution in [0, 0.1) is 17.2 Å². The fourth-order valence-electron chi connectivity index (χ4n) is 3.14. The van der Waals surface area contributed by atoms with Crippen LogP contribution in [0.25, 0.3) is 0 Å². The van der Waals surface area contributed by atoms with Crippen LogP contribution in [0.4, 0.5) is 13.2 Å². The molecule has 1 unspecified atom stereocenters. The molecule has 0 aliphatic carbocycles. The smallest absolute Gasteiger partial charge is 0.406 e. The maximum absolute atomic E-state index is 13.2. The Hall–Kier alpha value is -3.54. The van der Waals surface area contributed by atoms with E-state index in [1.54, 1.807) is 26.0 Å². The Morgan fingerprint density at radius 2 is 1.70 bits per heavy atom. The molecule has 0 heterocycles. The van der Waals surface area contributed by atoms with E-state index in [1.165, 1.54) is 36.4 Å². The Labute approximate surface area is 191 Å². The van der Waals surface area contributed by atoms with Crippen LogP contribution >= 0.6 is 0 Å². The number of alkyl halides is 3. The molecule has 2 rings (SSSR count). The number of ether oxygens (including phenoxy) is 1. The first-order valence-corrected chi connectivity index (χ1v) is 10.4. The number of benzene rings is 2. The second-order valence-electron chi connectivity index (χ2n) is 7.77. The molecule has 33 heavy (non-hydrogen) atoms. The van der Waals surface area contributed by atoms with Gasteiger partial charge in [-0.2, -0.15) is 18.4 Å². The van der Waals surface area contributed by atoms with Crippen LogP contribution in [0.1, 0.15) is 42.3 Å². The van der Waals surface area contributed by atoms with Crippen molar-refractivity contribution in [3.05, 3.63) is 65.2 Å². The zero-order valence-corrected chi connectivity index (χ0v) is 18.6. The zero-order valence-electron chi connectivity index (χ0n) is 18.6. The van der Waals surface area contributed by atoms with Crippen LogP contribution in [0.3, 0.4) is 0 Å². The summed E-state index contributed by atoms with van der Waals surface area (Å²) in [5.74, 6) is -1.30.